The summed E-state index contributed by atoms with van der Waals surface area (Å²) < 4.78 is 9.63. The largest absolute Gasteiger partial charge is 0.496 e. The summed E-state index contributed by atoms with van der Waals surface area (Å²) in [4.78, 5) is 10.9. The zero-order valence-electron chi connectivity index (χ0n) is 9.11. The van der Waals surface area contributed by atoms with E-state index in [4.69, 9.17) is 4.74 Å². The molecule has 0 saturated carbocycles. The first-order valence-electron chi connectivity index (χ1n) is 4.58. The lowest BCUT2D eigenvalue weighted by Gasteiger charge is -2.04. The van der Waals surface area contributed by atoms with E-state index >= 15 is 0 Å². The minimum absolute atomic E-state index is 0.358. The third-order valence-electron chi connectivity index (χ3n) is 2.03. The molecule has 1 aromatic rings. The van der Waals surface area contributed by atoms with E-state index in [1.807, 2.05) is 25.1 Å². The molecule has 15 heavy (non-hydrogen) atoms. The SMILES string of the molecule is COC(=O)/C=C/c1ccc(OC)c(C)c1. The lowest BCUT2D eigenvalue weighted by atomic mass is 10.1. The number of carbonyl (C=O) groups excluding carboxylic acids is 1. The average molecular weight is 206 g/mol. The third-order valence-corrected chi connectivity index (χ3v) is 2.03. The van der Waals surface area contributed by atoms with Crippen LogP contribution in [0, 0.1) is 6.92 Å². The third kappa shape index (κ3) is 3.13. The first-order valence-corrected chi connectivity index (χ1v) is 4.58. The second-order valence-electron chi connectivity index (χ2n) is 3.09. The van der Waals surface area contributed by atoms with Crippen molar-refractivity contribution < 1.29 is 14.3 Å². The molecule has 0 saturated heterocycles. The van der Waals surface area contributed by atoms with Gasteiger partial charge in [0.1, 0.15) is 5.75 Å². The van der Waals surface area contributed by atoms with Crippen molar-refractivity contribution in [1.82, 2.24) is 0 Å². The number of methoxy groups -OCH3 is 2. The van der Waals surface area contributed by atoms with Gasteiger partial charge in [0.15, 0.2) is 0 Å². The van der Waals surface area contributed by atoms with Crippen molar-refractivity contribution >= 4 is 12.0 Å². The molecule has 0 aliphatic heterocycles. The monoisotopic (exact) mass is 206 g/mol. The Morgan fingerprint density at radius 2 is 2.07 bits per heavy atom. The number of hydrogen-bond donors (Lipinski definition) is 0. The molecule has 3 heteroatoms. The molecule has 0 spiro atoms. The highest BCUT2D eigenvalue weighted by molar-refractivity contribution is 5.86. The Morgan fingerprint density at radius 3 is 2.60 bits per heavy atom. The van der Waals surface area contributed by atoms with Crippen LogP contribution in [0.4, 0.5) is 0 Å². The van der Waals surface area contributed by atoms with Gasteiger partial charge in [-0.3, -0.25) is 0 Å². The summed E-state index contributed by atoms with van der Waals surface area (Å²) in [6.45, 7) is 1.95. The van der Waals surface area contributed by atoms with E-state index in [9.17, 15) is 4.79 Å². The number of carbonyl (C=O) groups is 1. The highest BCUT2D eigenvalue weighted by Crippen LogP contribution is 2.19. The molecular formula is C12H14O3. The molecular weight excluding hydrogens is 192 g/mol. The Labute approximate surface area is 89.3 Å². The van der Waals surface area contributed by atoms with Gasteiger partial charge >= 0.3 is 5.97 Å². The topological polar surface area (TPSA) is 35.5 Å². The fourth-order valence-corrected chi connectivity index (χ4v) is 1.24. The number of aryl methyl sites for hydroxylation is 1. The molecule has 0 unspecified atom stereocenters. The summed E-state index contributed by atoms with van der Waals surface area (Å²) in [5, 5.41) is 0. The second kappa shape index (κ2) is 5.20. The molecule has 0 aromatic heterocycles. The molecule has 0 atom stereocenters. The Kier molecular flexibility index (Phi) is 3.92. The Bertz CT molecular complexity index is 380. The predicted octanol–water partition coefficient (Wildman–Crippen LogP) is 2.19. The normalized spacial score (nSPS) is 10.3. The molecule has 0 fully saturated rings. The van der Waals surface area contributed by atoms with E-state index in [-0.39, 0.29) is 5.97 Å². The van der Waals surface area contributed by atoms with Gasteiger partial charge in [-0.05, 0) is 36.3 Å². The smallest absolute Gasteiger partial charge is 0.330 e. The van der Waals surface area contributed by atoms with Gasteiger partial charge < -0.3 is 9.47 Å². The van der Waals surface area contributed by atoms with Gasteiger partial charge in [-0.1, -0.05) is 6.07 Å². The maximum Gasteiger partial charge on any atom is 0.330 e. The second-order valence-corrected chi connectivity index (χ2v) is 3.09. The summed E-state index contributed by atoms with van der Waals surface area (Å²) >= 11 is 0. The van der Waals surface area contributed by atoms with Crippen LogP contribution >= 0.6 is 0 Å². The van der Waals surface area contributed by atoms with Gasteiger partial charge in [0.05, 0.1) is 14.2 Å². The summed E-state index contributed by atoms with van der Waals surface area (Å²) in [5.41, 5.74) is 1.98. The van der Waals surface area contributed by atoms with Crippen LogP contribution in [0.1, 0.15) is 11.1 Å². The highest BCUT2D eigenvalue weighted by atomic mass is 16.5. The summed E-state index contributed by atoms with van der Waals surface area (Å²) in [5.74, 6) is 0.480. The van der Waals surface area contributed by atoms with E-state index < -0.39 is 0 Å². The maximum absolute atomic E-state index is 10.9. The molecule has 0 heterocycles. The van der Waals surface area contributed by atoms with Gasteiger partial charge in [-0.15, -0.1) is 0 Å². The van der Waals surface area contributed by atoms with Crippen LogP contribution < -0.4 is 4.74 Å². The van der Waals surface area contributed by atoms with Crippen molar-refractivity contribution in [3.63, 3.8) is 0 Å². The zero-order chi connectivity index (χ0) is 11.3. The Morgan fingerprint density at radius 1 is 1.33 bits per heavy atom. The average Bonchev–Trinajstić information content (AvgIpc) is 2.26. The summed E-state index contributed by atoms with van der Waals surface area (Å²) in [6.07, 6.45) is 3.10. The minimum atomic E-state index is -0.358. The van der Waals surface area contributed by atoms with Crippen LogP contribution in [-0.4, -0.2) is 20.2 Å². The molecule has 80 valence electrons. The lowest BCUT2D eigenvalue weighted by Crippen LogP contribution is -1.93. The van der Waals surface area contributed by atoms with Crippen LogP contribution in [0.25, 0.3) is 6.08 Å². The maximum atomic E-state index is 10.9. The van der Waals surface area contributed by atoms with Crippen LogP contribution in [0.2, 0.25) is 0 Å². The molecule has 1 rings (SSSR count). The van der Waals surface area contributed by atoms with Crippen LogP contribution in [0.15, 0.2) is 24.3 Å². The zero-order valence-corrected chi connectivity index (χ0v) is 9.11. The van der Waals surface area contributed by atoms with Gasteiger partial charge in [0, 0.05) is 6.08 Å². The molecule has 0 aliphatic rings. The van der Waals surface area contributed by atoms with Gasteiger partial charge in [-0.25, -0.2) is 4.79 Å². The van der Waals surface area contributed by atoms with Crippen LogP contribution in [0.5, 0.6) is 5.75 Å². The molecule has 0 aliphatic carbocycles. The standard InChI is InChI=1S/C12H14O3/c1-9-8-10(4-6-11(9)14-2)5-7-12(13)15-3/h4-8H,1-3H3/b7-5+. The van der Waals surface area contributed by atoms with Crippen LogP contribution in [-0.2, 0) is 9.53 Å². The van der Waals surface area contributed by atoms with Gasteiger partial charge in [-0.2, -0.15) is 0 Å². The molecule has 3 nitrogen and oxygen atoms in total. The quantitative estimate of drug-likeness (QED) is 0.561. The Hall–Kier alpha value is -1.77. The number of hydrogen-bond acceptors (Lipinski definition) is 3. The van der Waals surface area contributed by atoms with Crippen molar-refractivity contribution in [2.24, 2.45) is 0 Å². The highest BCUT2D eigenvalue weighted by Gasteiger charge is 1.98. The first-order chi connectivity index (χ1) is 7.17. The number of esters is 1. The van der Waals surface area contributed by atoms with Gasteiger partial charge in [0.25, 0.3) is 0 Å². The van der Waals surface area contributed by atoms with E-state index in [1.54, 1.807) is 13.2 Å². The van der Waals surface area contributed by atoms with E-state index in [0.29, 0.717) is 0 Å². The van der Waals surface area contributed by atoms with E-state index in [0.717, 1.165) is 16.9 Å². The first kappa shape index (κ1) is 11.3. The Balaban J connectivity index is 2.84. The number of benzene rings is 1. The number of rotatable bonds is 3. The minimum Gasteiger partial charge on any atom is -0.496 e. The fourth-order valence-electron chi connectivity index (χ4n) is 1.24. The van der Waals surface area contributed by atoms with Crippen molar-refractivity contribution in [3.8, 4) is 5.75 Å². The van der Waals surface area contributed by atoms with Crippen LogP contribution in [0.3, 0.4) is 0 Å². The van der Waals surface area contributed by atoms with E-state index in [2.05, 4.69) is 4.74 Å². The van der Waals surface area contributed by atoms with E-state index in [1.165, 1.54) is 13.2 Å². The fraction of sp³-hybridized carbons (Fsp3) is 0.250. The number of ether oxygens (including phenoxy) is 2. The van der Waals surface area contributed by atoms with Gasteiger partial charge in [0.2, 0.25) is 0 Å². The summed E-state index contributed by atoms with van der Waals surface area (Å²) in [6, 6.07) is 5.69. The van der Waals surface area contributed by atoms with Crippen molar-refractivity contribution in [2.45, 2.75) is 6.92 Å². The molecule has 0 radical (unpaired) electrons. The lowest BCUT2D eigenvalue weighted by molar-refractivity contribution is -0.134. The summed E-state index contributed by atoms with van der Waals surface area (Å²) in [7, 11) is 2.98. The molecule has 0 bridgehead atoms. The molecule has 0 amide bonds. The molecule has 1 aromatic carbocycles. The van der Waals surface area contributed by atoms with Crippen molar-refractivity contribution in [1.29, 1.82) is 0 Å². The predicted molar refractivity (Wildman–Crippen MR) is 58.8 cm³/mol. The molecule has 0 N–H and O–H groups in total. The van der Waals surface area contributed by atoms with Crippen molar-refractivity contribution in [3.05, 3.63) is 35.4 Å². The van der Waals surface area contributed by atoms with Crippen molar-refractivity contribution in [2.75, 3.05) is 14.2 Å².